The zero-order valence-electron chi connectivity index (χ0n) is 10.9. The molecule has 0 aliphatic carbocycles. The predicted octanol–water partition coefficient (Wildman–Crippen LogP) is 1.86. The van der Waals surface area contributed by atoms with E-state index in [9.17, 15) is 40.9 Å². The van der Waals surface area contributed by atoms with Crippen molar-refractivity contribution in [2.45, 2.75) is 0 Å². The second-order valence-electron chi connectivity index (χ2n) is 4.33. The second kappa shape index (κ2) is 5.17. The highest BCUT2D eigenvalue weighted by Crippen LogP contribution is 2.53. The van der Waals surface area contributed by atoms with Gasteiger partial charge >= 0.3 is 0 Å². The summed E-state index contributed by atoms with van der Waals surface area (Å²) in [4.78, 5) is 0. The number of aliphatic hydroxyl groups excluding tert-OH is 2. The molecular weight excluding hydrogens is 296 g/mol. The van der Waals surface area contributed by atoms with E-state index >= 15 is 0 Å². The van der Waals surface area contributed by atoms with Crippen LogP contribution in [0.5, 0.6) is 34.5 Å². The maximum atomic E-state index is 9.96. The molecule has 0 heterocycles. The Morgan fingerprint density at radius 1 is 0.591 bits per heavy atom. The van der Waals surface area contributed by atoms with Crippen LogP contribution in [0, 0.1) is 0 Å². The molecule has 0 aliphatic heterocycles. The van der Waals surface area contributed by atoms with E-state index in [-0.39, 0.29) is 5.56 Å². The number of rotatable bonds is 2. The summed E-state index contributed by atoms with van der Waals surface area (Å²) in [6.45, 7) is 0. The molecule has 8 N–H and O–H groups in total. The zero-order valence-corrected chi connectivity index (χ0v) is 10.9. The van der Waals surface area contributed by atoms with Gasteiger partial charge in [0.15, 0.2) is 23.0 Å². The number of aromatic hydroxyl groups is 6. The summed E-state index contributed by atoms with van der Waals surface area (Å²) >= 11 is 0. The summed E-state index contributed by atoms with van der Waals surface area (Å²) in [6, 6.07) is 5.33. The fraction of sp³-hybridized carbons (Fsp3) is 0. The van der Waals surface area contributed by atoms with Crippen LogP contribution in [0.25, 0.3) is 11.5 Å². The van der Waals surface area contributed by atoms with Crippen LogP contribution in [0.15, 0.2) is 24.3 Å². The first kappa shape index (κ1) is 15.0. The number of hydrogen-bond acceptors (Lipinski definition) is 8. The SMILES string of the molecule is OC(=C(O)c1c(O)c(O)c(O)c(O)c1O)c1ccccc1O. The maximum absolute atomic E-state index is 9.96. The van der Waals surface area contributed by atoms with Gasteiger partial charge in [0.2, 0.25) is 17.2 Å². The van der Waals surface area contributed by atoms with Gasteiger partial charge in [0.25, 0.3) is 0 Å². The van der Waals surface area contributed by atoms with Gasteiger partial charge < -0.3 is 40.9 Å². The summed E-state index contributed by atoms with van der Waals surface area (Å²) in [7, 11) is 0. The topological polar surface area (TPSA) is 162 Å². The Morgan fingerprint density at radius 2 is 1.05 bits per heavy atom. The number of benzene rings is 2. The summed E-state index contributed by atoms with van der Waals surface area (Å²) in [5.41, 5.74) is -1.15. The van der Waals surface area contributed by atoms with E-state index in [2.05, 4.69) is 0 Å². The van der Waals surface area contributed by atoms with Gasteiger partial charge in [-0.05, 0) is 12.1 Å². The normalized spacial score (nSPS) is 12.0. The van der Waals surface area contributed by atoms with E-state index in [1.165, 1.54) is 24.3 Å². The van der Waals surface area contributed by atoms with Crippen LogP contribution in [-0.4, -0.2) is 40.9 Å². The predicted molar refractivity (Wildman–Crippen MR) is 74.9 cm³/mol. The minimum Gasteiger partial charge on any atom is -0.507 e. The van der Waals surface area contributed by atoms with Crippen LogP contribution >= 0.6 is 0 Å². The van der Waals surface area contributed by atoms with Crippen LogP contribution in [-0.2, 0) is 0 Å². The Labute approximate surface area is 123 Å². The maximum Gasteiger partial charge on any atom is 0.208 e. The van der Waals surface area contributed by atoms with Gasteiger partial charge in [-0.25, -0.2) is 0 Å². The molecule has 2 rings (SSSR count). The van der Waals surface area contributed by atoms with Crippen molar-refractivity contribution in [3.8, 4) is 34.5 Å². The monoisotopic (exact) mass is 308 g/mol. The van der Waals surface area contributed by atoms with E-state index < -0.39 is 51.6 Å². The van der Waals surface area contributed by atoms with Gasteiger partial charge in [-0.15, -0.1) is 0 Å². The molecule has 0 aromatic heterocycles. The minimum absolute atomic E-state index is 0.231. The van der Waals surface area contributed by atoms with Crippen molar-refractivity contribution < 1.29 is 40.9 Å². The molecule has 8 nitrogen and oxygen atoms in total. The smallest absolute Gasteiger partial charge is 0.208 e. The highest BCUT2D eigenvalue weighted by atomic mass is 16.4. The number of phenols is 6. The molecule has 0 unspecified atom stereocenters. The largest absolute Gasteiger partial charge is 0.507 e. The van der Waals surface area contributed by atoms with Crippen LogP contribution < -0.4 is 0 Å². The van der Waals surface area contributed by atoms with Gasteiger partial charge in [0, 0.05) is 0 Å². The van der Waals surface area contributed by atoms with Gasteiger partial charge in [0.1, 0.15) is 11.3 Å². The molecule has 0 amide bonds. The Bertz CT molecular complexity index is 750. The van der Waals surface area contributed by atoms with E-state index in [0.717, 1.165) is 0 Å². The average Bonchev–Trinajstić information content (AvgIpc) is 2.51. The summed E-state index contributed by atoms with van der Waals surface area (Å²) in [5.74, 6) is -8.44. The highest BCUT2D eigenvalue weighted by molar-refractivity contribution is 5.90. The molecule has 0 atom stereocenters. The van der Waals surface area contributed by atoms with Crippen LogP contribution in [0.4, 0.5) is 0 Å². The van der Waals surface area contributed by atoms with Crippen molar-refractivity contribution in [3.05, 3.63) is 35.4 Å². The van der Waals surface area contributed by atoms with E-state index in [4.69, 9.17) is 0 Å². The lowest BCUT2D eigenvalue weighted by Gasteiger charge is -2.13. The van der Waals surface area contributed by atoms with Crippen LogP contribution in [0.1, 0.15) is 11.1 Å². The van der Waals surface area contributed by atoms with E-state index in [1.807, 2.05) is 0 Å². The standard InChI is InChI=1S/C14H12O8/c15-6-4-2-1-3-5(6)8(16)9(17)7-10(18)12(20)14(22)13(21)11(7)19/h1-4,15-22H. The summed E-state index contributed by atoms with van der Waals surface area (Å²) < 4.78 is 0. The molecule has 2 aromatic carbocycles. The van der Waals surface area contributed by atoms with Crippen molar-refractivity contribution in [1.82, 2.24) is 0 Å². The van der Waals surface area contributed by atoms with Gasteiger partial charge in [-0.3, -0.25) is 0 Å². The lowest BCUT2D eigenvalue weighted by Crippen LogP contribution is -1.94. The van der Waals surface area contributed by atoms with E-state index in [1.54, 1.807) is 0 Å². The number of phenolic OH excluding ortho intramolecular Hbond substituents is 6. The Hall–Kier alpha value is -3.42. The molecule has 2 aromatic rings. The fourth-order valence-electron chi connectivity index (χ4n) is 1.83. The van der Waals surface area contributed by atoms with Crippen molar-refractivity contribution in [3.63, 3.8) is 0 Å². The molecule has 116 valence electrons. The first-order valence-electron chi connectivity index (χ1n) is 5.87. The number of para-hydroxylation sites is 1. The third kappa shape index (κ3) is 2.12. The average molecular weight is 308 g/mol. The van der Waals surface area contributed by atoms with Crippen molar-refractivity contribution in [2.24, 2.45) is 0 Å². The number of aliphatic hydroxyl groups is 2. The molecule has 0 saturated carbocycles. The summed E-state index contributed by atoms with van der Waals surface area (Å²) in [5, 5.41) is 76.9. The van der Waals surface area contributed by atoms with Gasteiger partial charge in [-0.2, -0.15) is 0 Å². The lowest BCUT2D eigenvalue weighted by molar-refractivity contribution is 0.324. The quantitative estimate of drug-likeness (QED) is 0.180. The minimum atomic E-state index is -1.21. The summed E-state index contributed by atoms with van der Waals surface area (Å²) in [6.07, 6.45) is 0. The Morgan fingerprint density at radius 3 is 1.55 bits per heavy atom. The van der Waals surface area contributed by atoms with Gasteiger partial charge in [0.05, 0.1) is 5.56 Å². The van der Waals surface area contributed by atoms with Crippen molar-refractivity contribution in [1.29, 1.82) is 0 Å². The molecule has 8 heteroatoms. The Balaban J connectivity index is 2.76. The third-order valence-corrected chi connectivity index (χ3v) is 2.99. The second-order valence-corrected chi connectivity index (χ2v) is 4.33. The zero-order chi connectivity index (χ0) is 16.6. The van der Waals surface area contributed by atoms with Crippen molar-refractivity contribution >= 4 is 11.5 Å². The molecule has 0 fully saturated rings. The molecule has 0 aliphatic rings. The van der Waals surface area contributed by atoms with Crippen molar-refractivity contribution in [2.75, 3.05) is 0 Å². The van der Waals surface area contributed by atoms with Gasteiger partial charge in [-0.1, -0.05) is 12.1 Å². The molecule has 0 bridgehead atoms. The third-order valence-electron chi connectivity index (χ3n) is 2.99. The number of hydrogen-bond donors (Lipinski definition) is 8. The first-order valence-corrected chi connectivity index (χ1v) is 5.87. The molecule has 0 saturated heterocycles. The molecular formula is C14H12O8. The lowest BCUT2D eigenvalue weighted by atomic mass is 10.0. The van der Waals surface area contributed by atoms with Crippen LogP contribution in [0.2, 0.25) is 0 Å². The fourth-order valence-corrected chi connectivity index (χ4v) is 1.83. The molecule has 22 heavy (non-hydrogen) atoms. The van der Waals surface area contributed by atoms with Crippen LogP contribution in [0.3, 0.4) is 0 Å². The van der Waals surface area contributed by atoms with E-state index in [0.29, 0.717) is 0 Å². The Kier molecular flexibility index (Phi) is 3.52. The highest BCUT2D eigenvalue weighted by Gasteiger charge is 2.28. The first-order chi connectivity index (χ1) is 10.3. The molecule has 0 radical (unpaired) electrons. The molecule has 0 spiro atoms.